The Kier molecular flexibility index (Phi) is 5.42. The number of rotatable bonds is 4. The van der Waals surface area contributed by atoms with Crippen molar-refractivity contribution in [1.82, 2.24) is 0 Å². The molecule has 0 radical (unpaired) electrons. The van der Waals surface area contributed by atoms with Crippen LogP contribution in [-0.2, 0) is 14.8 Å². The Morgan fingerprint density at radius 3 is 2.19 bits per heavy atom. The largest absolute Gasteiger partial charge is 0.494 e. The van der Waals surface area contributed by atoms with Crippen molar-refractivity contribution in [3.63, 3.8) is 0 Å². The van der Waals surface area contributed by atoms with Gasteiger partial charge in [-0.3, -0.25) is 4.79 Å². The van der Waals surface area contributed by atoms with E-state index in [2.05, 4.69) is 9.39 Å². The molecular weight excluding hydrogens is 364 g/mol. The Balaban J connectivity index is 1.90. The summed E-state index contributed by atoms with van der Waals surface area (Å²) in [5.74, 6) is -0.167. The molecule has 0 bridgehead atoms. The summed E-state index contributed by atoms with van der Waals surface area (Å²) in [6, 6.07) is 16.5. The molecule has 2 aromatic carbocycles. The zero-order valence-electron chi connectivity index (χ0n) is 14.4. The van der Waals surface area contributed by atoms with Crippen LogP contribution in [-0.4, -0.2) is 32.9 Å². The molecule has 1 aliphatic rings. The van der Waals surface area contributed by atoms with E-state index in [1.54, 1.807) is 48.5 Å². The molecule has 0 aromatic heterocycles. The molecular formula is C20H16N2O4S. The normalized spacial score (nSPS) is 17.0. The molecule has 2 aromatic rings. The van der Waals surface area contributed by atoms with Crippen molar-refractivity contribution in [3.8, 4) is 0 Å². The fourth-order valence-corrected chi connectivity index (χ4v) is 3.35. The van der Waals surface area contributed by atoms with Gasteiger partial charge in [0.25, 0.3) is 15.9 Å². The predicted octanol–water partition coefficient (Wildman–Crippen LogP) is 3.20. The van der Waals surface area contributed by atoms with E-state index in [4.69, 9.17) is 4.74 Å². The molecule has 6 nitrogen and oxygen atoms in total. The van der Waals surface area contributed by atoms with Crippen LogP contribution in [0.4, 0.5) is 0 Å². The van der Waals surface area contributed by atoms with Crippen LogP contribution in [0.25, 0.3) is 0 Å². The number of ether oxygens (including phenoxy) is 1. The SMILES string of the molecule is COC1=CC(=NS(=O)(=O)c2ccccc2)C=CC1=NC(=O)c1ccccc1. The second kappa shape index (κ2) is 7.92. The lowest BCUT2D eigenvalue weighted by molar-refractivity contribution is 0.100. The lowest BCUT2D eigenvalue weighted by atomic mass is 10.1. The highest BCUT2D eigenvalue weighted by Gasteiger charge is 2.17. The number of methoxy groups -OCH3 is 1. The summed E-state index contributed by atoms with van der Waals surface area (Å²) in [4.78, 5) is 16.4. The minimum absolute atomic E-state index is 0.0944. The second-order valence-electron chi connectivity index (χ2n) is 5.52. The van der Waals surface area contributed by atoms with Gasteiger partial charge in [-0.15, -0.1) is 0 Å². The summed E-state index contributed by atoms with van der Waals surface area (Å²) >= 11 is 0. The first-order valence-corrected chi connectivity index (χ1v) is 9.46. The van der Waals surface area contributed by atoms with Crippen LogP contribution in [0.3, 0.4) is 0 Å². The topological polar surface area (TPSA) is 85.2 Å². The number of hydrogen-bond donors (Lipinski definition) is 0. The molecule has 7 heteroatoms. The van der Waals surface area contributed by atoms with Gasteiger partial charge in [-0.05, 0) is 36.4 Å². The third-order valence-electron chi connectivity index (χ3n) is 3.67. The molecule has 0 atom stereocenters. The number of hydrogen-bond acceptors (Lipinski definition) is 4. The molecule has 1 aliphatic carbocycles. The Hall–Kier alpha value is -3.32. The van der Waals surface area contributed by atoms with Gasteiger partial charge in [0.05, 0.1) is 17.7 Å². The van der Waals surface area contributed by atoms with Crippen LogP contribution in [0.15, 0.2) is 98.9 Å². The lowest BCUT2D eigenvalue weighted by Gasteiger charge is -2.11. The first kappa shape index (κ1) is 18.5. The van der Waals surface area contributed by atoms with Crippen molar-refractivity contribution < 1.29 is 17.9 Å². The van der Waals surface area contributed by atoms with E-state index in [0.717, 1.165) is 0 Å². The van der Waals surface area contributed by atoms with Gasteiger partial charge in [-0.1, -0.05) is 36.4 Å². The smallest absolute Gasteiger partial charge is 0.282 e. The van der Waals surface area contributed by atoms with E-state index in [1.807, 2.05) is 0 Å². The van der Waals surface area contributed by atoms with Crippen LogP contribution in [0.5, 0.6) is 0 Å². The van der Waals surface area contributed by atoms with Gasteiger partial charge in [0, 0.05) is 11.6 Å². The van der Waals surface area contributed by atoms with E-state index in [9.17, 15) is 13.2 Å². The number of amides is 1. The Labute approximate surface area is 157 Å². The predicted molar refractivity (Wildman–Crippen MR) is 104 cm³/mol. The lowest BCUT2D eigenvalue weighted by Crippen LogP contribution is -2.13. The number of nitrogens with zero attached hydrogens (tertiary/aromatic N) is 2. The van der Waals surface area contributed by atoms with Gasteiger partial charge >= 0.3 is 0 Å². The van der Waals surface area contributed by atoms with Gasteiger partial charge in [0.1, 0.15) is 11.5 Å². The molecule has 0 saturated carbocycles. The van der Waals surface area contributed by atoms with Gasteiger partial charge < -0.3 is 4.74 Å². The van der Waals surface area contributed by atoms with Crippen molar-refractivity contribution in [2.24, 2.45) is 9.39 Å². The molecule has 3 rings (SSSR count). The molecule has 0 unspecified atom stereocenters. The molecule has 0 saturated heterocycles. The van der Waals surface area contributed by atoms with Gasteiger partial charge in [-0.2, -0.15) is 12.8 Å². The second-order valence-corrected chi connectivity index (χ2v) is 7.12. The molecule has 0 spiro atoms. The summed E-state index contributed by atoms with van der Waals surface area (Å²) in [6.07, 6.45) is 4.40. The number of sulfonamides is 1. The van der Waals surface area contributed by atoms with E-state index in [-0.39, 0.29) is 16.4 Å². The maximum Gasteiger partial charge on any atom is 0.282 e. The fraction of sp³-hybridized carbons (Fsp3) is 0.0500. The summed E-state index contributed by atoms with van der Waals surface area (Å²) < 4.78 is 33.8. The highest BCUT2D eigenvalue weighted by molar-refractivity contribution is 7.90. The average molecular weight is 380 g/mol. The first-order valence-electron chi connectivity index (χ1n) is 8.02. The molecule has 0 N–H and O–H groups in total. The van der Waals surface area contributed by atoms with Crippen molar-refractivity contribution in [1.29, 1.82) is 0 Å². The van der Waals surface area contributed by atoms with Crippen molar-refractivity contribution >= 4 is 27.4 Å². The zero-order valence-corrected chi connectivity index (χ0v) is 15.3. The van der Waals surface area contributed by atoms with Gasteiger partial charge in [0.2, 0.25) is 0 Å². The maximum absolute atomic E-state index is 12.4. The van der Waals surface area contributed by atoms with Crippen LogP contribution in [0.2, 0.25) is 0 Å². The van der Waals surface area contributed by atoms with Gasteiger partial charge in [0.15, 0.2) is 0 Å². The Morgan fingerprint density at radius 1 is 0.926 bits per heavy atom. The number of aliphatic imine (C=N–C) groups is 1. The van der Waals surface area contributed by atoms with Crippen LogP contribution in [0.1, 0.15) is 10.4 Å². The van der Waals surface area contributed by atoms with Crippen LogP contribution >= 0.6 is 0 Å². The number of benzene rings is 2. The monoisotopic (exact) mass is 380 g/mol. The third kappa shape index (κ3) is 4.45. The van der Waals surface area contributed by atoms with Crippen LogP contribution < -0.4 is 0 Å². The van der Waals surface area contributed by atoms with Gasteiger partial charge in [-0.25, -0.2) is 4.99 Å². The Morgan fingerprint density at radius 2 is 1.56 bits per heavy atom. The highest BCUT2D eigenvalue weighted by atomic mass is 32.2. The third-order valence-corrected chi connectivity index (χ3v) is 4.99. The molecule has 27 heavy (non-hydrogen) atoms. The minimum Gasteiger partial charge on any atom is -0.494 e. The number of carbonyl (C=O) groups is 1. The summed E-state index contributed by atoms with van der Waals surface area (Å²) in [5.41, 5.74) is 0.921. The molecule has 1 amide bonds. The molecule has 0 fully saturated rings. The summed E-state index contributed by atoms with van der Waals surface area (Å²) in [5, 5.41) is 0. The standard InChI is InChI=1S/C20H16N2O4S/c1-26-19-14-16(22-27(24,25)17-10-6-3-7-11-17)12-13-18(19)21-20(23)15-8-4-2-5-9-15/h2-14H,1H3. The van der Waals surface area contributed by atoms with Crippen molar-refractivity contribution in [2.45, 2.75) is 4.90 Å². The number of carbonyl (C=O) groups excluding carboxylic acids is 1. The van der Waals surface area contributed by atoms with E-state index in [0.29, 0.717) is 11.3 Å². The average Bonchev–Trinajstić information content (AvgIpc) is 2.70. The minimum atomic E-state index is -3.85. The zero-order chi connectivity index (χ0) is 19.3. The van der Waals surface area contributed by atoms with E-state index < -0.39 is 15.9 Å². The van der Waals surface area contributed by atoms with Crippen molar-refractivity contribution in [2.75, 3.05) is 7.11 Å². The summed E-state index contributed by atoms with van der Waals surface area (Å²) in [7, 11) is -2.43. The van der Waals surface area contributed by atoms with E-state index in [1.165, 1.54) is 37.5 Å². The highest BCUT2D eigenvalue weighted by Crippen LogP contribution is 2.15. The van der Waals surface area contributed by atoms with Crippen molar-refractivity contribution in [3.05, 3.63) is 90.2 Å². The summed E-state index contributed by atoms with van der Waals surface area (Å²) in [6.45, 7) is 0. The quantitative estimate of drug-likeness (QED) is 0.763. The molecule has 136 valence electrons. The van der Waals surface area contributed by atoms with Crippen LogP contribution in [0, 0.1) is 0 Å². The fourth-order valence-electron chi connectivity index (χ4n) is 2.35. The number of allylic oxidation sites excluding steroid dienone is 3. The molecule has 0 heterocycles. The van der Waals surface area contributed by atoms with E-state index >= 15 is 0 Å². The maximum atomic E-state index is 12.4. The Bertz CT molecular complexity index is 1070. The first-order chi connectivity index (χ1) is 13.0. The molecule has 0 aliphatic heterocycles.